The van der Waals surface area contributed by atoms with Crippen molar-refractivity contribution >= 4 is 75.5 Å². The summed E-state index contributed by atoms with van der Waals surface area (Å²) in [6, 6.07) is 30.7. The van der Waals surface area contributed by atoms with Crippen molar-refractivity contribution in [2.45, 2.75) is 13.1 Å². The van der Waals surface area contributed by atoms with Crippen LogP contribution in [-0.2, 0) is 17.8 Å². The third kappa shape index (κ3) is 3.10. The number of ether oxygens (including phenoxy) is 1. The van der Waals surface area contributed by atoms with Gasteiger partial charge in [0.15, 0.2) is 0 Å². The summed E-state index contributed by atoms with van der Waals surface area (Å²) in [7, 11) is 0. The molecule has 1 aliphatic rings. The van der Waals surface area contributed by atoms with Crippen molar-refractivity contribution in [3.05, 3.63) is 93.9 Å². The molecule has 0 saturated carbocycles. The van der Waals surface area contributed by atoms with Gasteiger partial charge in [-0.3, -0.25) is 0 Å². The summed E-state index contributed by atoms with van der Waals surface area (Å²) in [6.07, 6.45) is 0. The van der Waals surface area contributed by atoms with Gasteiger partial charge >= 0.3 is 0 Å². The van der Waals surface area contributed by atoms with E-state index in [9.17, 15) is 0 Å². The fraction of sp³-hybridized carbons (Fsp3) is 0.172. The van der Waals surface area contributed by atoms with E-state index in [0.29, 0.717) is 0 Å². The van der Waals surface area contributed by atoms with Gasteiger partial charge in [0.1, 0.15) is 0 Å². The minimum atomic E-state index is 0.0313. The van der Waals surface area contributed by atoms with Gasteiger partial charge < -0.3 is 13.9 Å². The first-order valence-electron chi connectivity index (χ1n) is 11.5. The number of nitrogens with zero attached hydrogens (tertiary/aromatic N) is 2. The highest BCUT2D eigenvalue weighted by Gasteiger charge is 2.40. The smallest absolute Gasteiger partial charge is 0.0579 e. The van der Waals surface area contributed by atoms with E-state index in [4.69, 9.17) is 4.74 Å². The van der Waals surface area contributed by atoms with Gasteiger partial charge in [-0.05, 0) is 48.5 Å². The lowest BCUT2D eigenvalue weighted by atomic mass is 9.85. The molecule has 3 nitrogen and oxygen atoms in total. The summed E-state index contributed by atoms with van der Waals surface area (Å²) in [5.41, 5.74) is 5.16. The highest BCUT2D eigenvalue weighted by molar-refractivity contribution is 9.10. The zero-order valence-electron chi connectivity index (χ0n) is 18.5. The maximum absolute atomic E-state index is 5.88. The fourth-order valence-corrected chi connectivity index (χ4v) is 6.41. The Morgan fingerprint density at radius 3 is 1.47 bits per heavy atom. The average Bonchev–Trinajstić information content (AvgIpc) is 3.30. The minimum absolute atomic E-state index is 0.0313. The molecule has 0 bridgehead atoms. The normalized spacial score (nSPS) is 15.5. The van der Waals surface area contributed by atoms with E-state index in [2.05, 4.69) is 126 Å². The van der Waals surface area contributed by atoms with E-state index in [0.717, 1.165) is 35.2 Å². The predicted molar refractivity (Wildman–Crippen MR) is 148 cm³/mol. The number of rotatable bonds is 4. The van der Waals surface area contributed by atoms with Gasteiger partial charge in [-0.25, -0.2) is 0 Å². The molecule has 34 heavy (non-hydrogen) atoms. The van der Waals surface area contributed by atoms with Crippen LogP contribution in [0.5, 0.6) is 0 Å². The minimum Gasteiger partial charge on any atom is -0.380 e. The van der Waals surface area contributed by atoms with Gasteiger partial charge in [0.05, 0.1) is 18.6 Å². The molecule has 7 rings (SSSR count). The summed E-state index contributed by atoms with van der Waals surface area (Å²) in [6.45, 7) is 3.37. The van der Waals surface area contributed by atoms with Crippen LogP contribution in [0.3, 0.4) is 0 Å². The van der Waals surface area contributed by atoms with Gasteiger partial charge in [0, 0.05) is 65.6 Å². The summed E-state index contributed by atoms with van der Waals surface area (Å²) >= 11 is 7.34. The Morgan fingerprint density at radius 1 is 0.588 bits per heavy atom. The molecule has 0 spiro atoms. The average molecular weight is 574 g/mol. The molecule has 1 fully saturated rings. The lowest BCUT2D eigenvalue weighted by molar-refractivity contribution is -0.128. The van der Waals surface area contributed by atoms with E-state index in [-0.39, 0.29) is 5.41 Å². The maximum Gasteiger partial charge on any atom is 0.0579 e. The highest BCUT2D eigenvalue weighted by Crippen LogP contribution is 2.40. The van der Waals surface area contributed by atoms with Crippen LogP contribution in [0.25, 0.3) is 43.6 Å². The van der Waals surface area contributed by atoms with E-state index < -0.39 is 0 Å². The summed E-state index contributed by atoms with van der Waals surface area (Å²) in [4.78, 5) is 0. The number of benzene rings is 4. The quantitative estimate of drug-likeness (QED) is 0.208. The van der Waals surface area contributed by atoms with E-state index in [1.165, 1.54) is 43.6 Å². The zero-order chi connectivity index (χ0) is 22.9. The molecule has 0 atom stereocenters. The van der Waals surface area contributed by atoms with Crippen molar-refractivity contribution in [3.8, 4) is 0 Å². The molecule has 1 aliphatic heterocycles. The molecule has 0 radical (unpaired) electrons. The molecular weight excluding hydrogens is 552 g/mol. The number of hydrogen-bond donors (Lipinski definition) is 0. The van der Waals surface area contributed by atoms with Crippen LogP contribution >= 0.6 is 31.9 Å². The molecule has 5 heteroatoms. The van der Waals surface area contributed by atoms with Crippen LogP contribution in [0.2, 0.25) is 0 Å². The Bertz CT molecular complexity index is 1600. The molecule has 168 valence electrons. The van der Waals surface area contributed by atoms with Crippen molar-refractivity contribution < 1.29 is 4.74 Å². The Balaban J connectivity index is 1.39. The molecule has 4 aromatic carbocycles. The third-order valence-corrected chi connectivity index (χ3v) is 8.26. The molecule has 2 aromatic heterocycles. The van der Waals surface area contributed by atoms with E-state index in [1.807, 2.05) is 0 Å². The molecule has 0 aliphatic carbocycles. The Morgan fingerprint density at radius 2 is 1.03 bits per heavy atom. The summed E-state index contributed by atoms with van der Waals surface area (Å²) in [5, 5.41) is 5.19. The molecule has 0 N–H and O–H groups in total. The van der Waals surface area contributed by atoms with Crippen molar-refractivity contribution in [2.24, 2.45) is 5.41 Å². The summed E-state index contributed by atoms with van der Waals surface area (Å²) < 4.78 is 13.1. The molecule has 1 saturated heterocycles. The largest absolute Gasteiger partial charge is 0.380 e. The van der Waals surface area contributed by atoms with Gasteiger partial charge in [-0.1, -0.05) is 68.3 Å². The van der Waals surface area contributed by atoms with Crippen LogP contribution < -0.4 is 0 Å². The van der Waals surface area contributed by atoms with Crippen molar-refractivity contribution in [3.63, 3.8) is 0 Å². The third-order valence-electron chi connectivity index (χ3n) is 7.27. The van der Waals surface area contributed by atoms with Crippen LogP contribution in [0.4, 0.5) is 0 Å². The Labute approximate surface area is 214 Å². The molecule has 0 unspecified atom stereocenters. The first kappa shape index (κ1) is 20.7. The summed E-state index contributed by atoms with van der Waals surface area (Å²) in [5.74, 6) is 0. The van der Waals surface area contributed by atoms with E-state index in [1.54, 1.807) is 0 Å². The highest BCUT2D eigenvalue weighted by atomic mass is 79.9. The van der Waals surface area contributed by atoms with Crippen LogP contribution in [-0.4, -0.2) is 22.3 Å². The molecular formula is C29H22Br2N2O. The van der Waals surface area contributed by atoms with Crippen LogP contribution in [0, 0.1) is 5.41 Å². The van der Waals surface area contributed by atoms with Crippen molar-refractivity contribution in [1.82, 2.24) is 9.13 Å². The second-order valence-electron chi connectivity index (χ2n) is 9.52. The van der Waals surface area contributed by atoms with Crippen LogP contribution in [0.15, 0.2) is 93.9 Å². The lowest BCUT2D eigenvalue weighted by Gasteiger charge is -2.42. The SMILES string of the molecule is Brc1ccc2c(c1)c1ccccc1n2CC1(Cn2c3ccccc3c3cc(Br)ccc32)COC1. The monoisotopic (exact) mass is 572 g/mol. The van der Waals surface area contributed by atoms with Gasteiger partial charge in [0.2, 0.25) is 0 Å². The lowest BCUT2D eigenvalue weighted by Crippen LogP contribution is -2.48. The molecule has 0 amide bonds. The number of aromatic nitrogens is 2. The maximum atomic E-state index is 5.88. The zero-order valence-corrected chi connectivity index (χ0v) is 21.6. The van der Waals surface area contributed by atoms with Gasteiger partial charge in [0.25, 0.3) is 0 Å². The van der Waals surface area contributed by atoms with Gasteiger partial charge in [-0.2, -0.15) is 0 Å². The number of para-hydroxylation sites is 2. The standard InChI is InChI=1S/C29H22Br2N2O/c30-19-9-11-27-23(13-19)21-5-1-3-7-25(21)32(27)15-29(17-34-18-29)16-33-26-8-4-2-6-22(26)24-14-20(31)10-12-28(24)33/h1-14H,15-18H2. The molecule has 3 heterocycles. The van der Waals surface area contributed by atoms with Crippen LogP contribution in [0.1, 0.15) is 0 Å². The van der Waals surface area contributed by atoms with Crippen molar-refractivity contribution in [1.29, 1.82) is 0 Å². The second kappa shape index (κ2) is 7.70. The fourth-order valence-electron chi connectivity index (χ4n) is 5.69. The Hall–Kier alpha value is -2.60. The van der Waals surface area contributed by atoms with E-state index >= 15 is 0 Å². The number of fused-ring (bicyclic) bond motifs is 6. The number of hydrogen-bond acceptors (Lipinski definition) is 1. The second-order valence-corrected chi connectivity index (χ2v) is 11.4. The predicted octanol–water partition coefficient (Wildman–Crippen LogP) is 8.14. The topological polar surface area (TPSA) is 19.1 Å². The number of halogens is 2. The molecule has 6 aromatic rings. The Kier molecular flexibility index (Phi) is 4.70. The first-order chi connectivity index (χ1) is 16.6. The first-order valence-corrected chi connectivity index (χ1v) is 13.1. The van der Waals surface area contributed by atoms with Gasteiger partial charge in [-0.15, -0.1) is 0 Å². The van der Waals surface area contributed by atoms with Crippen molar-refractivity contribution in [2.75, 3.05) is 13.2 Å².